The van der Waals surface area contributed by atoms with E-state index in [0.29, 0.717) is 43.4 Å². The van der Waals surface area contributed by atoms with Crippen molar-refractivity contribution >= 4 is 27.6 Å². The summed E-state index contributed by atoms with van der Waals surface area (Å²) in [5.41, 5.74) is 6.65. The van der Waals surface area contributed by atoms with E-state index in [9.17, 15) is 13.2 Å². The van der Waals surface area contributed by atoms with E-state index in [1.165, 1.54) is 0 Å². The summed E-state index contributed by atoms with van der Waals surface area (Å²) in [6, 6.07) is 5.06. The number of carbonyl (C=O) groups is 1. The summed E-state index contributed by atoms with van der Waals surface area (Å²) in [6.07, 6.45) is 2.70. The zero-order chi connectivity index (χ0) is 19.7. The summed E-state index contributed by atoms with van der Waals surface area (Å²) in [4.78, 5) is 14.5. The molecule has 152 valence electrons. The maximum Gasteiger partial charge on any atom is 0.344 e. The lowest BCUT2D eigenvalue weighted by Gasteiger charge is -2.34. The van der Waals surface area contributed by atoms with Gasteiger partial charge in [-0.1, -0.05) is 6.07 Å². The molecule has 2 fully saturated rings. The van der Waals surface area contributed by atoms with Gasteiger partial charge in [0.1, 0.15) is 5.75 Å². The fourth-order valence-corrected chi connectivity index (χ4v) is 4.78. The van der Waals surface area contributed by atoms with Crippen LogP contribution in [0.5, 0.6) is 5.75 Å². The van der Waals surface area contributed by atoms with Crippen LogP contribution in [0.1, 0.15) is 24.8 Å². The van der Waals surface area contributed by atoms with E-state index in [4.69, 9.17) is 15.2 Å². The van der Waals surface area contributed by atoms with E-state index in [-0.39, 0.29) is 23.6 Å². The van der Waals surface area contributed by atoms with Gasteiger partial charge < -0.3 is 20.1 Å². The molecule has 1 unspecified atom stereocenters. The number of piperidine rings is 1. The van der Waals surface area contributed by atoms with Crippen LogP contribution in [-0.4, -0.2) is 58.0 Å². The van der Waals surface area contributed by atoms with Crippen LogP contribution in [0.25, 0.3) is 0 Å². The number of hydrogen-bond acceptors (Lipinski definition) is 6. The zero-order valence-corrected chi connectivity index (χ0v) is 16.3. The Morgan fingerprint density at radius 1 is 1.39 bits per heavy atom. The first-order valence-corrected chi connectivity index (χ1v) is 10.9. The molecule has 0 aromatic heterocycles. The average molecular weight is 408 g/mol. The zero-order valence-electron chi connectivity index (χ0n) is 15.5. The Kier molecular flexibility index (Phi) is 5.15. The van der Waals surface area contributed by atoms with Crippen molar-refractivity contribution in [3.8, 4) is 5.75 Å². The number of hydrogen-bond donors (Lipinski definition) is 2. The largest absolute Gasteiger partial charge is 0.492 e. The molecule has 3 N–H and O–H groups in total. The van der Waals surface area contributed by atoms with E-state index in [1.807, 2.05) is 4.90 Å². The van der Waals surface area contributed by atoms with E-state index in [2.05, 4.69) is 9.12 Å². The van der Waals surface area contributed by atoms with Crippen molar-refractivity contribution in [3.63, 3.8) is 0 Å². The SMILES string of the molecule is NC1=NS(=O)(=O)Nc2cccc(OC[C@H]3CCCN(C(=O)C4CCOC4)C3)c21. The van der Waals surface area contributed by atoms with Crippen molar-refractivity contribution in [2.45, 2.75) is 19.3 Å². The average Bonchev–Trinajstić information content (AvgIpc) is 3.19. The summed E-state index contributed by atoms with van der Waals surface area (Å²) >= 11 is 0. The molecule has 10 heteroatoms. The normalized spacial score (nSPS) is 26.1. The van der Waals surface area contributed by atoms with Gasteiger partial charge in [-0.05, 0) is 31.4 Å². The second-order valence-electron chi connectivity index (χ2n) is 7.40. The highest BCUT2D eigenvalue weighted by Crippen LogP contribution is 2.31. The van der Waals surface area contributed by atoms with Crippen molar-refractivity contribution in [2.24, 2.45) is 22.0 Å². The maximum absolute atomic E-state index is 12.6. The molecule has 2 saturated heterocycles. The van der Waals surface area contributed by atoms with Gasteiger partial charge in [0, 0.05) is 25.6 Å². The molecule has 4 rings (SSSR count). The van der Waals surface area contributed by atoms with Crippen LogP contribution in [0.3, 0.4) is 0 Å². The number of nitrogens with two attached hydrogens (primary N) is 1. The molecule has 0 saturated carbocycles. The van der Waals surface area contributed by atoms with Crippen LogP contribution in [0, 0.1) is 11.8 Å². The second-order valence-corrected chi connectivity index (χ2v) is 8.73. The minimum Gasteiger partial charge on any atom is -0.492 e. The first-order valence-electron chi connectivity index (χ1n) is 9.44. The van der Waals surface area contributed by atoms with Gasteiger partial charge >= 0.3 is 10.2 Å². The maximum atomic E-state index is 12.6. The monoisotopic (exact) mass is 408 g/mol. The van der Waals surface area contributed by atoms with Gasteiger partial charge in [0.05, 0.1) is 30.4 Å². The summed E-state index contributed by atoms with van der Waals surface area (Å²) in [6.45, 7) is 3.01. The molecule has 1 aromatic carbocycles. The Bertz CT molecular complexity index is 895. The second kappa shape index (κ2) is 7.59. The lowest BCUT2D eigenvalue weighted by atomic mass is 9.97. The van der Waals surface area contributed by atoms with Crippen LogP contribution < -0.4 is 15.2 Å². The van der Waals surface area contributed by atoms with Gasteiger partial charge in [0.25, 0.3) is 0 Å². The number of likely N-dealkylation sites (tertiary alicyclic amines) is 1. The van der Waals surface area contributed by atoms with E-state index in [0.717, 1.165) is 25.8 Å². The minimum atomic E-state index is -3.82. The standard InChI is InChI=1S/C18H24N4O5S/c19-17-16-14(20-28(24,25)21-17)4-1-5-15(16)27-10-12-3-2-7-22(9-12)18(23)13-6-8-26-11-13/h1,4-5,12-13,20H,2-3,6-11H2,(H2,19,21)/t12-,13?/m0/s1. The number of benzene rings is 1. The molecule has 3 aliphatic heterocycles. The Balaban J connectivity index is 1.42. The number of nitrogens with zero attached hydrogens (tertiary/aromatic N) is 2. The third kappa shape index (κ3) is 3.93. The van der Waals surface area contributed by atoms with Crippen molar-refractivity contribution in [2.75, 3.05) is 37.6 Å². The van der Waals surface area contributed by atoms with Gasteiger partial charge in [-0.15, -0.1) is 4.40 Å². The Hall–Kier alpha value is -2.33. The van der Waals surface area contributed by atoms with Gasteiger partial charge in [0.2, 0.25) is 5.91 Å². The summed E-state index contributed by atoms with van der Waals surface area (Å²) in [5.74, 6) is 0.740. The number of rotatable bonds is 4. The molecule has 0 spiro atoms. The Morgan fingerprint density at radius 2 is 2.25 bits per heavy atom. The van der Waals surface area contributed by atoms with Gasteiger partial charge in [-0.25, -0.2) is 0 Å². The molecule has 2 atom stereocenters. The molecule has 0 bridgehead atoms. The molecule has 1 aromatic rings. The predicted octanol–water partition coefficient (Wildman–Crippen LogP) is 0.716. The van der Waals surface area contributed by atoms with Crippen molar-refractivity contribution in [1.29, 1.82) is 0 Å². The fourth-order valence-electron chi connectivity index (χ4n) is 3.93. The summed E-state index contributed by atoms with van der Waals surface area (Å²) < 4.78 is 40.5. The lowest BCUT2D eigenvalue weighted by molar-refractivity contribution is -0.137. The third-order valence-electron chi connectivity index (χ3n) is 5.32. The number of amides is 1. The van der Waals surface area contributed by atoms with Crippen molar-refractivity contribution in [1.82, 2.24) is 4.90 Å². The molecule has 3 aliphatic rings. The number of fused-ring (bicyclic) bond motifs is 1. The molecule has 3 heterocycles. The van der Waals surface area contributed by atoms with E-state index in [1.54, 1.807) is 18.2 Å². The van der Waals surface area contributed by atoms with Crippen LogP contribution in [-0.2, 0) is 19.7 Å². The molecular formula is C18H24N4O5S. The van der Waals surface area contributed by atoms with E-state index < -0.39 is 10.2 Å². The highest BCUT2D eigenvalue weighted by atomic mass is 32.2. The summed E-state index contributed by atoms with van der Waals surface area (Å²) in [5, 5.41) is 0. The number of nitrogens with one attached hydrogen (secondary N) is 1. The first kappa shape index (κ1) is 19.0. The lowest BCUT2D eigenvalue weighted by Crippen LogP contribution is -2.44. The van der Waals surface area contributed by atoms with E-state index >= 15 is 0 Å². The van der Waals surface area contributed by atoms with Crippen molar-refractivity contribution < 1.29 is 22.7 Å². The van der Waals surface area contributed by atoms with Gasteiger partial charge in [0.15, 0.2) is 5.84 Å². The third-order valence-corrected chi connectivity index (χ3v) is 6.24. The summed E-state index contributed by atoms with van der Waals surface area (Å²) in [7, 11) is -3.82. The van der Waals surface area contributed by atoms with Gasteiger partial charge in [-0.3, -0.25) is 9.52 Å². The van der Waals surface area contributed by atoms with Crippen molar-refractivity contribution in [3.05, 3.63) is 23.8 Å². The highest BCUT2D eigenvalue weighted by Gasteiger charge is 2.32. The van der Waals surface area contributed by atoms with Gasteiger partial charge in [-0.2, -0.15) is 8.42 Å². The topological polar surface area (TPSA) is 123 Å². The molecular weight excluding hydrogens is 384 g/mol. The number of carbonyl (C=O) groups excluding carboxylic acids is 1. The number of amidine groups is 1. The number of anilines is 1. The molecule has 1 amide bonds. The molecule has 9 nitrogen and oxygen atoms in total. The molecule has 0 radical (unpaired) electrons. The Labute approximate surface area is 164 Å². The fraction of sp³-hybridized carbons (Fsp3) is 0.556. The smallest absolute Gasteiger partial charge is 0.344 e. The van der Waals surface area contributed by atoms with Crippen LogP contribution in [0.4, 0.5) is 5.69 Å². The van der Waals surface area contributed by atoms with Crippen LogP contribution in [0.2, 0.25) is 0 Å². The molecule has 0 aliphatic carbocycles. The first-order chi connectivity index (χ1) is 13.4. The van der Waals surface area contributed by atoms with Crippen LogP contribution in [0.15, 0.2) is 22.6 Å². The minimum absolute atomic E-state index is 0.0233. The Morgan fingerprint density at radius 3 is 3.04 bits per heavy atom. The quantitative estimate of drug-likeness (QED) is 0.757. The predicted molar refractivity (Wildman–Crippen MR) is 103 cm³/mol. The van der Waals surface area contributed by atoms with Crippen LogP contribution >= 0.6 is 0 Å². The highest BCUT2D eigenvalue weighted by molar-refractivity contribution is 7.91. The number of ether oxygens (including phenoxy) is 2. The molecule has 28 heavy (non-hydrogen) atoms.